The van der Waals surface area contributed by atoms with Crippen molar-refractivity contribution < 1.29 is 0 Å². The number of nitrogens with one attached hydrogen (secondary N) is 1. The van der Waals surface area contributed by atoms with Gasteiger partial charge >= 0.3 is 0 Å². The molecule has 2 nitrogen and oxygen atoms in total. The van der Waals surface area contributed by atoms with Gasteiger partial charge in [0.1, 0.15) is 5.01 Å². The Morgan fingerprint density at radius 3 is 2.50 bits per heavy atom. The molecule has 0 aliphatic heterocycles. The Balaban J connectivity index is 2.28. The standard InChI is InChI=1S/C16H21ClN2S/c1-4-9-18-15(12-5-7-13(17)8-6-12)16-19-14(10-20-16)11(2)3/h5-8,10-11,15,18H,4,9H2,1-3H3. The molecule has 1 heterocycles. The number of halogens is 1. The zero-order chi connectivity index (χ0) is 14.5. The van der Waals surface area contributed by atoms with Gasteiger partial charge in [-0.1, -0.05) is 44.5 Å². The van der Waals surface area contributed by atoms with Crippen molar-refractivity contribution >= 4 is 22.9 Å². The third-order valence-electron chi connectivity index (χ3n) is 3.18. The van der Waals surface area contributed by atoms with Gasteiger partial charge in [0.05, 0.1) is 11.7 Å². The first-order valence-corrected chi connectivity index (χ1v) is 8.31. The molecule has 0 fully saturated rings. The van der Waals surface area contributed by atoms with Crippen molar-refractivity contribution in [2.24, 2.45) is 0 Å². The van der Waals surface area contributed by atoms with Crippen LogP contribution in [0.4, 0.5) is 0 Å². The number of rotatable bonds is 6. The van der Waals surface area contributed by atoms with E-state index in [9.17, 15) is 0 Å². The van der Waals surface area contributed by atoms with E-state index in [0.29, 0.717) is 5.92 Å². The average molecular weight is 309 g/mol. The third kappa shape index (κ3) is 3.81. The van der Waals surface area contributed by atoms with Crippen LogP contribution >= 0.6 is 22.9 Å². The van der Waals surface area contributed by atoms with E-state index in [1.165, 1.54) is 11.3 Å². The molecule has 0 aliphatic rings. The first-order chi connectivity index (χ1) is 9.61. The minimum atomic E-state index is 0.157. The van der Waals surface area contributed by atoms with Gasteiger partial charge in [-0.15, -0.1) is 11.3 Å². The Bertz CT molecular complexity index is 534. The summed E-state index contributed by atoms with van der Waals surface area (Å²) in [5, 5.41) is 7.64. The normalized spacial score (nSPS) is 12.8. The SMILES string of the molecule is CCCNC(c1ccc(Cl)cc1)c1nc(C(C)C)cs1. The number of hydrogen-bond donors (Lipinski definition) is 1. The van der Waals surface area contributed by atoms with Gasteiger partial charge in [0, 0.05) is 10.4 Å². The van der Waals surface area contributed by atoms with Crippen molar-refractivity contribution in [2.45, 2.75) is 39.2 Å². The Labute approximate surface area is 130 Å². The van der Waals surface area contributed by atoms with Crippen molar-refractivity contribution in [1.29, 1.82) is 0 Å². The summed E-state index contributed by atoms with van der Waals surface area (Å²) in [6, 6.07) is 8.19. The van der Waals surface area contributed by atoms with E-state index in [4.69, 9.17) is 16.6 Å². The fourth-order valence-corrected chi connectivity index (χ4v) is 3.20. The van der Waals surface area contributed by atoms with Gasteiger partial charge in [0.2, 0.25) is 0 Å². The lowest BCUT2D eigenvalue weighted by Crippen LogP contribution is -2.23. The van der Waals surface area contributed by atoms with Crippen molar-refractivity contribution in [3.05, 3.63) is 50.9 Å². The van der Waals surface area contributed by atoms with Crippen LogP contribution in [0.25, 0.3) is 0 Å². The molecular formula is C16H21ClN2S. The van der Waals surface area contributed by atoms with Crippen LogP contribution in [-0.4, -0.2) is 11.5 Å². The maximum absolute atomic E-state index is 5.98. The minimum Gasteiger partial charge on any atom is -0.304 e. The monoisotopic (exact) mass is 308 g/mol. The van der Waals surface area contributed by atoms with Crippen LogP contribution < -0.4 is 5.32 Å². The Morgan fingerprint density at radius 2 is 1.95 bits per heavy atom. The van der Waals surface area contributed by atoms with E-state index >= 15 is 0 Å². The van der Waals surface area contributed by atoms with Gasteiger partial charge in [-0.05, 0) is 36.6 Å². The highest BCUT2D eigenvalue weighted by molar-refractivity contribution is 7.09. The lowest BCUT2D eigenvalue weighted by molar-refractivity contribution is 0.593. The molecule has 4 heteroatoms. The van der Waals surface area contributed by atoms with Crippen molar-refractivity contribution in [2.75, 3.05) is 6.54 Å². The summed E-state index contributed by atoms with van der Waals surface area (Å²) in [6.07, 6.45) is 1.10. The van der Waals surface area contributed by atoms with E-state index in [1.807, 2.05) is 12.1 Å². The van der Waals surface area contributed by atoms with Crippen LogP contribution in [0.5, 0.6) is 0 Å². The van der Waals surface area contributed by atoms with Gasteiger partial charge in [-0.2, -0.15) is 0 Å². The van der Waals surface area contributed by atoms with E-state index in [0.717, 1.165) is 23.0 Å². The van der Waals surface area contributed by atoms with Crippen LogP contribution in [0.1, 0.15) is 55.4 Å². The number of hydrogen-bond acceptors (Lipinski definition) is 3. The molecule has 20 heavy (non-hydrogen) atoms. The molecule has 0 spiro atoms. The zero-order valence-electron chi connectivity index (χ0n) is 12.2. The highest BCUT2D eigenvalue weighted by Gasteiger charge is 2.18. The van der Waals surface area contributed by atoms with Gasteiger partial charge in [0.15, 0.2) is 0 Å². The second-order valence-corrected chi connectivity index (χ2v) is 6.53. The van der Waals surface area contributed by atoms with Crippen LogP contribution in [0, 0.1) is 0 Å². The smallest absolute Gasteiger partial charge is 0.114 e. The third-order valence-corrected chi connectivity index (χ3v) is 4.36. The van der Waals surface area contributed by atoms with Crippen LogP contribution in [-0.2, 0) is 0 Å². The predicted octanol–water partition coefficient (Wildman–Crippen LogP) is 5.01. The summed E-state index contributed by atoms with van der Waals surface area (Å²) < 4.78 is 0. The van der Waals surface area contributed by atoms with Crippen molar-refractivity contribution in [1.82, 2.24) is 10.3 Å². The Kier molecular flexibility index (Phi) is 5.58. The van der Waals surface area contributed by atoms with Crippen molar-refractivity contribution in [3.8, 4) is 0 Å². The van der Waals surface area contributed by atoms with E-state index in [1.54, 1.807) is 11.3 Å². The maximum atomic E-state index is 5.98. The molecule has 108 valence electrons. The lowest BCUT2D eigenvalue weighted by Gasteiger charge is -2.16. The molecule has 0 bridgehead atoms. The maximum Gasteiger partial charge on any atom is 0.114 e. The van der Waals surface area contributed by atoms with Gasteiger partial charge in [0.25, 0.3) is 0 Å². The molecular weight excluding hydrogens is 288 g/mol. The molecule has 0 aliphatic carbocycles. The van der Waals surface area contributed by atoms with Crippen LogP contribution in [0.2, 0.25) is 5.02 Å². The second-order valence-electron chi connectivity index (χ2n) is 5.20. The molecule has 2 aromatic rings. The predicted molar refractivity (Wildman–Crippen MR) is 87.8 cm³/mol. The minimum absolute atomic E-state index is 0.157. The van der Waals surface area contributed by atoms with Gasteiger partial charge in [-0.25, -0.2) is 4.98 Å². The molecule has 1 N–H and O–H groups in total. The van der Waals surface area contributed by atoms with E-state index in [-0.39, 0.29) is 6.04 Å². The van der Waals surface area contributed by atoms with E-state index < -0.39 is 0 Å². The first kappa shape index (κ1) is 15.5. The highest BCUT2D eigenvalue weighted by atomic mass is 35.5. The number of benzene rings is 1. The first-order valence-electron chi connectivity index (χ1n) is 7.06. The second kappa shape index (κ2) is 7.21. The summed E-state index contributed by atoms with van der Waals surface area (Å²) in [7, 11) is 0. The molecule has 0 saturated heterocycles. The van der Waals surface area contributed by atoms with Crippen LogP contribution in [0.15, 0.2) is 29.6 Å². The number of aromatic nitrogens is 1. The largest absolute Gasteiger partial charge is 0.304 e. The highest BCUT2D eigenvalue weighted by Crippen LogP contribution is 2.28. The quantitative estimate of drug-likeness (QED) is 0.811. The summed E-state index contributed by atoms with van der Waals surface area (Å²) >= 11 is 7.71. The summed E-state index contributed by atoms with van der Waals surface area (Å²) in [5.41, 5.74) is 2.38. The van der Waals surface area contributed by atoms with E-state index in [2.05, 4.69) is 43.6 Å². The molecule has 2 rings (SSSR count). The molecule has 1 aromatic carbocycles. The van der Waals surface area contributed by atoms with Crippen LogP contribution in [0.3, 0.4) is 0 Å². The molecule has 0 radical (unpaired) electrons. The molecule has 1 aromatic heterocycles. The molecule has 0 saturated carbocycles. The molecule has 0 amide bonds. The molecule has 1 unspecified atom stereocenters. The zero-order valence-corrected chi connectivity index (χ0v) is 13.8. The topological polar surface area (TPSA) is 24.9 Å². The van der Waals surface area contributed by atoms with Gasteiger partial charge in [-0.3, -0.25) is 0 Å². The van der Waals surface area contributed by atoms with Crippen molar-refractivity contribution in [3.63, 3.8) is 0 Å². The molecule has 1 atom stereocenters. The summed E-state index contributed by atoms with van der Waals surface area (Å²) in [5.74, 6) is 0.469. The number of nitrogens with zero attached hydrogens (tertiary/aromatic N) is 1. The number of thiazole rings is 1. The Morgan fingerprint density at radius 1 is 1.25 bits per heavy atom. The fourth-order valence-electron chi connectivity index (χ4n) is 1.99. The lowest BCUT2D eigenvalue weighted by atomic mass is 10.1. The fraction of sp³-hybridized carbons (Fsp3) is 0.438. The summed E-state index contributed by atoms with van der Waals surface area (Å²) in [6.45, 7) is 7.50. The average Bonchev–Trinajstić information content (AvgIpc) is 2.91. The Hall–Kier alpha value is -0.900. The van der Waals surface area contributed by atoms with Gasteiger partial charge < -0.3 is 5.32 Å². The summed E-state index contributed by atoms with van der Waals surface area (Å²) in [4.78, 5) is 4.78.